The van der Waals surface area contributed by atoms with Crippen molar-refractivity contribution in [1.82, 2.24) is 0 Å². The summed E-state index contributed by atoms with van der Waals surface area (Å²) in [4.78, 5) is 20.8. The van der Waals surface area contributed by atoms with Gasteiger partial charge >= 0.3 is 0 Å². The van der Waals surface area contributed by atoms with Crippen molar-refractivity contribution in [1.29, 1.82) is 0 Å². The lowest BCUT2D eigenvalue weighted by Crippen LogP contribution is -2.31. The molecule has 0 unspecified atom stereocenters. The Morgan fingerprint density at radius 2 is 2.25 bits per heavy atom. The van der Waals surface area contributed by atoms with Gasteiger partial charge in [0.15, 0.2) is 5.78 Å². The minimum absolute atomic E-state index is 0.00727. The van der Waals surface area contributed by atoms with Crippen LogP contribution >= 0.6 is 0 Å². The summed E-state index contributed by atoms with van der Waals surface area (Å²) in [6.45, 7) is 0. The molecule has 3 nitrogen and oxygen atoms in total. The third kappa shape index (κ3) is 2.34. The van der Waals surface area contributed by atoms with Crippen molar-refractivity contribution in [2.45, 2.75) is 19.3 Å². The Morgan fingerprint density at radius 3 is 2.75 bits per heavy atom. The highest BCUT2D eigenvalue weighted by Crippen LogP contribution is 2.14. The zero-order chi connectivity index (χ0) is 8.97. The number of carbonyl (C=O) groups excluding carboxylic acids is 2. The second-order valence-corrected chi connectivity index (χ2v) is 2.68. The van der Waals surface area contributed by atoms with Crippen LogP contribution in [-0.4, -0.2) is 11.8 Å². The van der Waals surface area contributed by atoms with E-state index < -0.39 is 11.8 Å². The maximum absolute atomic E-state index is 10.7. The first-order chi connectivity index (χ1) is 5.70. The maximum atomic E-state index is 10.7. The topological polar surface area (TPSA) is 57.2 Å². The lowest BCUT2D eigenvalue weighted by atomic mass is 10.0. The van der Waals surface area contributed by atoms with Gasteiger partial charge in [0.1, 0.15) is 5.97 Å². The average Bonchev–Trinajstić information content (AvgIpc) is 2.06. The van der Waals surface area contributed by atoms with Gasteiger partial charge in [0.25, 0.3) is 0 Å². The van der Waals surface area contributed by atoms with Crippen LogP contribution in [0, 0.1) is 0 Å². The van der Waals surface area contributed by atoms with Crippen molar-refractivity contribution in [3.63, 3.8) is 0 Å². The third-order valence-corrected chi connectivity index (χ3v) is 1.72. The predicted molar refractivity (Wildman–Crippen MR) is 41.1 cm³/mol. The van der Waals surface area contributed by atoms with Gasteiger partial charge in [-0.15, -0.1) is 0 Å². The molecule has 64 valence electrons. The molecule has 0 saturated heterocycles. The molecule has 3 heteroatoms. The van der Waals surface area contributed by atoms with Crippen LogP contribution in [0.5, 0.6) is 0 Å². The van der Waals surface area contributed by atoms with E-state index in [2.05, 4.69) is 0 Å². The van der Waals surface area contributed by atoms with Gasteiger partial charge in [0, 0.05) is 6.42 Å². The number of aliphatic carboxylic acids is 1. The molecule has 1 aliphatic carbocycles. The largest absolute Gasteiger partial charge is 0.542 e. The van der Waals surface area contributed by atoms with Gasteiger partial charge in [-0.3, -0.25) is 4.79 Å². The fourth-order valence-corrected chi connectivity index (χ4v) is 1.08. The molecule has 0 amide bonds. The molecule has 0 atom stereocenters. The fraction of sp³-hybridized carbons (Fsp3) is 0.333. The van der Waals surface area contributed by atoms with Gasteiger partial charge in [0.2, 0.25) is 0 Å². The second-order valence-electron chi connectivity index (χ2n) is 2.68. The smallest absolute Gasteiger partial charge is 0.182 e. The Labute approximate surface area is 70.4 Å². The van der Waals surface area contributed by atoms with Crippen LogP contribution < -0.4 is 5.11 Å². The number of rotatable bonds is 3. The molecule has 1 rings (SSSR count). The summed E-state index contributed by atoms with van der Waals surface area (Å²) in [6, 6.07) is 0. The molecular weight excluding hydrogens is 156 g/mol. The Kier molecular flexibility index (Phi) is 2.80. The summed E-state index contributed by atoms with van der Waals surface area (Å²) < 4.78 is 0. The van der Waals surface area contributed by atoms with Gasteiger partial charge in [-0.1, -0.05) is 23.8 Å². The molecule has 0 aromatic carbocycles. The molecule has 0 aromatic heterocycles. The van der Waals surface area contributed by atoms with Crippen LogP contribution in [0.15, 0.2) is 23.8 Å². The highest BCUT2D eigenvalue weighted by molar-refractivity contribution is 6.32. The highest BCUT2D eigenvalue weighted by Gasteiger charge is 2.07. The third-order valence-electron chi connectivity index (χ3n) is 1.72. The normalized spacial score (nSPS) is 15.5. The van der Waals surface area contributed by atoms with Crippen LogP contribution in [0.4, 0.5) is 0 Å². The Morgan fingerprint density at radius 1 is 1.50 bits per heavy atom. The van der Waals surface area contributed by atoms with E-state index in [9.17, 15) is 14.7 Å². The van der Waals surface area contributed by atoms with Gasteiger partial charge in [-0.05, 0) is 12.8 Å². The number of hydrogen-bond acceptors (Lipinski definition) is 3. The molecule has 12 heavy (non-hydrogen) atoms. The molecule has 0 heterocycles. The second kappa shape index (κ2) is 3.85. The molecule has 0 spiro atoms. The van der Waals surface area contributed by atoms with Crippen molar-refractivity contribution >= 4 is 11.8 Å². The first-order valence-corrected chi connectivity index (χ1v) is 3.79. The number of allylic oxidation sites excluding steroid dienone is 4. The van der Waals surface area contributed by atoms with E-state index in [0.29, 0.717) is 0 Å². The summed E-state index contributed by atoms with van der Waals surface area (Å²) in [5.41, 5.74) is 0.867. The summed E-state index contributed by atoms with van der Waals surface area (Å²) in [5, 5.41) is 10.1. The number of carboxylic acid groups (broad SMARTS) is 1. The average molecular weight is 165 g/mol. The molecule has 0 bridgehead atoms. The van der Waals surface area contributed by atoms with Crippen molar-refractivity contribution in [2.75, 3.05) is 0 Å². The lowest BCUT2D eigenvalue weighted by Gasteiger charge is -2.07. The standard InChI is InChI=1S/C9H10O3/c10-8(9(11)12)6-7-4-2-1-3-5-7/h1-2,4H,3,5-6H2,(H,11,12)/p-1. The Balaban J connectivity index is 2.51. The number of hydrogen-bond donors (Lipinski definition) is 0. The number of carbonyl (C=O) groups is 2. The Hall–Kier alpha value is -1.38. The van der Waals surface area contributed by atoms with Crippen LogP contribution in [0.2, 0.25) is 0 Å². The van der Waals surface area contributed by atoms with E-state index in [4.69, 9.17) is 0 Å². The van der Waals surface area contributed by atoms with Crippen molar-refractivity contribution < 1.29 is 14.7 Å². The quantitative estimate of drug-likeness (QED) is 0.552. The van der Waals surface area contributed by atoms with E-state index in [1.165, 1.54) is 0 Å². The van der Waals surface area contributed by atoms with Crippen LogP contribution in [0.1, 0.15) is 19.3 Å². The number of carboxylic acids is 1. The zero-order valence-electron chi connectivity index (χ0n) is 6.58. The van der Waals surface area contributed by atoms with E-state index >= 15 is 0 Å². The molecule has 0 saturated carbocycles. The van der Waals surface area contributed by atoms with Crippen molar-refractivity contribution in [3.05, 3.63) is 23.8 Å². The lowest BCUT2D eigenvalue weighted by molar-refractivity contribution is -0.299. The van der Waals surface area contributed by atoms with E-state index in [1.807, 2.05) is 12.2 Å². The van der Waals surface area contributed by atoms with Crippen LogP contribution in [-0.2, 0) is 9.59 Å². The van der Waals surface area contributed by atoms with Crippen LogP contribution in [0.3, 0.4) is 0 Å². The molecule has 0 radical (unpaired) electrons. The summed E-state index contributed by atoms with van der Waals surface area (Å²) in [7, 11) is 0. The maximum Gasteiger partial charge on any atom is 0.182 e. The van der Waals surface area contributed by atoms with E-state index in [0.717, 1.165) is 18.4 Å². The van der Waals surface area contributed by atoms with Crippen molar-refractivity contribution in [2.24, 2.45) is 0 Å². The summed E-state index contributed by atoms with van der Waals surface area (Å²) in [5.74, 6) is -2.43. The van der Waals surface area contributed by atoms with Gasteiger partial charge < -0.3 is 9.90 Å². The van der Waals surface area contributed by atoms with E-state index in [-0.39, 0.29) is 6.42 Å². The number of ketones is 1. The SMILES string of the molecule is O=C([O-])C(=O)CC1=CC=CCC1. The summed E-state index contributed by atoms with van der Waals surface area (Å²) in [6.07, 6.45) is 7.24. The molecular formula is C9H9O3-. The van der Waals surface area contributed by atoms with Crippen LogP contribution in [0.25, 0.3) is 0 Å². The molecule has 0 N–H and O–H groups in total. The zero-order valence-corrected chi connectivity index (χ0v) is 6.58. The van der Waals surface area contributed by atoms with Gasteiger partial charge in [0.05, 0.1) is 0 Å². The minimum Gasteiger partial charge on any atom is -0.542 e. The predicted octanol–water partition coefficient (Wildman–Crippen LogP) is -0.0281. The number of Topliss-reactive ketones (excluding diaryl/α,β-unsaturated/α-hetero) is 1. The fourth-order valence-electron chi connectivity index (χ4n) is 1.08. The Bertz CT molecular complexity index is 261. The first kappa shape index (κ1) is 8.71. The van der Waals surface area contributed by atoms with Gasteiger partial charge in [-0.25, -0.2) is 0 Å². The molecule has 0 fully saturated rings. The van der Waals surface area contributed by atoms with Crippen molar-refractivity contribution in [3.8, 4) is 0 Å². The molecule has 0 aliphatic heterocycles. The van der Waals surface area contributed by atoms with Gasteiger partial charge in [-0.2, -0.15) is 0 Å². The monoisotopic (exact) mass is 165 g/mol. The highest BCUT2D eigenvalue weighted by atomic mass is 16.4. The summed E-state index contributed by atoms with van der Waals surface area (Å²) >= 11 is 0. The molecule has 1 aliphatic rings. The van der Waals surface area contributed by atoms with E-state index in [1.54, 1.807) is 6.08 Å². The minimum atomic E-state index is -1.59. The first-order valence-electron chi connectivity index (χ1n) is 3.79. The molecule has 0 aromatic rings.